The van der Waals surface area contributed by atoms with E-state index in [1.165, 1.54) is 0 Å². The Kier molecular flexibility index (Phi) is 11.6. The molecule has 302 valence electrons. The number of fused-ring (bicyclic) bond motifs is 1. The predicted octanol–water partition coefficient (Wildman–Crippen LogP) is 3.95. The lowest BCUT2D eigenvalue weighted by atomic mass is 9.92. The molecule has 5 aliphatic rings. The van der Waals surface area contributed by atoms with Crippen molar-refractivity contribution < 1.29 is 28.7 Å². The number of piperidine rings is 2. The molecule has 0 bridgehead atoms. The van der Waals surface area contributed by atoms with E-state index in [1.54, 1.807) is 42.7 Å². The van der Waals surface area contributed by atoms with Crippen LogP contribution in [-0.2, 0) is 9.59 Å². The van der Waals surface area contributed by atoms with Gasteiger partial charge in [-0.2, -0.15) is 5.26 Å². The predicted molar refractivity (Wildman–Crippen MR) is 214 cm³/mol. The number of imide groups is 2. The summed E-state index contributed by atoms with van der Waals surface area (Å²) in [5, 5.41) is 14.8. The number of benzene rings is 2. The number of piperazine rings is 1. The van der Waals surface area contributed by atoms with Gasteiger partial charge in [0.1, 0.15) is 17.9 Å². The van der Waals surface area contributed by atoms with Crippen molar-refractivity contribution in [2.45, 2.75) is 76.0 Å². The van der Waals surface area contributed by atoms with E-state index in [0.29, 0.717) is 44.9 Å². The maximum Gasteiger partial charge on any atom is 0.262 e. The Balaban J connectivity index is 0.735. The Morgan fingerprint density at radius 1 is 0.862 bits per heavy atom. The lowest BCUT2D eigenvalue weighted by Crippen LogP contribution is -2.54. The summed E-state index contributed by atoms with van der Waals surface area (Å²) in [6.07, 6.45) is 9.87. The molecule has 8 rings (SSSR count). The van der Waals surface area contributed by atoms with E-state index in [4.69, 9.17) is 21.6 Å². The fourth-order valence-electron chi connectivity index (χ4n) is 8.72. The van der Waals surface area contributed by atoms with Crippen LogP contribution in [0.15, 0.2) is 48.8 Å². The summed E-state index contributed by atoms with van der Waals surface area (Å²) in [5.41, 5.74) is 2.34. The van der Waals surface area contributed by atoms with Crippen molar-refractivity contribution in [1.29, 1.82) is 5.26 Å². The van der Waals surface area contributed by atoms with Gasteiger partial charge in [0.05, 0.1) is 33.4 Å². The molecule has 2 aromatic carbocycles. The summed E-state index contributed by atoms with van der Waals surface area (Å²) in [4.78, 5) is 80.5. The van der Waals surface area contributed by atoms with Crippen molar-refractivity contribution >= 4 is 52.8 Å². The first-order valence-electron chi connectivity index (χ1n) is 20.2. The number of anilines is 2. The second-order valence-corrected chi connectivity index (χ2v) is 16.2. The van der Waals surface area contributed by atoms with Gasteiger partial charge in [0.15, 0.2) is 0 Å². The minimum atomic E-state index is -0.973. The number of nitrogens with one attached hydrogen (secondary N) is 2. The zero-order valence-electron chi connectivity index (χ0n) is 32.2. The summed E-state index contributed by atoms with van der Waals surface area (Å²) in [6, 6.07) is 11.5. The SMILES string of the molecule is N#Cc1ccc(O[C@H]2CC[C@H](NC(=O)c3cnc(N4CCC(CCN5CCN(c6ccc7c(c6)C(=O)N(C6CCC(=O)NC6=O)C7=O)CC5)CC4)nc3)CC2)cc1Cl. The van der Waals surface area contributed by atoms with Gasteiger partial charge in [0.25, 0.3) is 17.7 Å². The molecule has 1 unspecified atom stereocenters. The minimum Gasteiger partial charge on any atom is -0.490 e. The highest BCUT2D eigenvalue weighted by Gasteiger charge is 2.45. The fraction of sp³-hybridized carbons (Fsp3) is 0.476. The van der Waals surface area contributed by atoms with Gasteiger partial charge in [-0.1, -0.05) is 11.6 Å². The Labute approximate surface area is 341 Å². The number of carbonyl (C=O) groups is 5. The van der Waals surface area contributed by atoms with Gasteiger partial charge in [0.2, 0.25) is 17.8 Å². The standard InChI is InChI=1S/C42H46ClN9O6/c43-35-22-32(5-1-27(35)23-44)58-31-6-2-29(3-7-31)47-38(54)28-24-45-42(46-25-28)51-15-12-26(13-16-51)11-14-49-17-19-50(20-18-49)30-4-8-33-34(21-30)41(57)52(40(33)56)36-9-10-37(53)48-39(36)55/h1,4-5,8,21-22,24-26,29,31,36H,2-3,6-7,9-20H2,(H,47,54)(H,48,53,55)/t29-,31-,36?. The Morgan fingerprint density at radius 3 is 2.28 bits per heavy atom. The molecule has 3 saturated heterocycles. The maximum atomic E-state index is 13.3. The number of ether oxygens (including phenoxy) is 1. The maximum absolute atomic E-state index is 13.3. The van der Waals surface area contributed by atoms with Crippen molar-refractivity contribution in [2.75, 3.05) is 55.6 Å². The van der Waals surface area contributed by atoms with Crippen molar-refractivity contribution in [2.24, 2.45) is 5.92 Å². The van der Waals surface area contributed by atoms with Crippen LogP contribution in [0.3, 0.4) is 0 Å². The van der Waals surface area contributed by atoms with Gasteiger partial charge in [-0.15, -0.1) is 0 Å². The van der Waals surface area contributed by atoms with Gasteiger partial charge in [-0.05, 0) is 94.2 Å². The normalized spacial score (nSPS) is 23.0. The molecular weight excluding hydrogens is 762 g/mol. The lowest BCUT2D eigenvalue weighted by Gasteiger charge is -2.37. The van der Waals surface area contributed by atoms with E-state index >= 15 is 0 Å². The summed E-state index contributed by atoms with van der Waals surface area (Å²) < 4.78 is 6.08. The molecule has 1 atom stereocenters. The van der Waals surface area contributed by atoms with Crippen LogP contribution in [0.1, 0.15) is 94.4 Å². The summed E-state index contributed by atoms with van der Waals surface area (Å²) in [5.74, 6) is -0.261. The molecule has 1 aliphatic carbocycles. The molecule has 15 nitrogen and oxygen atoms in total. The van der Waals surface area contributed by atoms with Crippen molar-refractivity contribution in [3.8, 4) is 11.8 Å². The molecule has 0 spiro atoms. The molecule has 2 N–H and O–H groups in total. The third kappa shape index (κ3) is 8.49. The van der Waals surface area contributed by atoms with Gasteiger partial charge in [-0.3, -0.25) is 39.1 Å². The van der Waals surface area contributed by atoms with Crippen LogP contribution in [0.25, 0.3) is 0 Å². The monoisotopic (exact) mass is 807 g/mol. The van der Waals surface area contributed by atoms with Crippen LogP contribution in [-0.4, -0.2) is 113 Å². The van der Waals surface area contributed by atoms with Gasteiger partial charge < -0.3 is 19.9 Å². The van der Waals surface area contributed by atoms with Crippen LogP contribution in [0, 0.1) is 17.2 Å². The number of carbonyl (C=O) groups excluding carboxylic acids is 5. The van der Waals surface area contributed by atoms with E-state index in [1.807, 2.05) is 6.07 Å². The van der Waals surface area contributed by atoms with Crippen LogP contribution in [0.5, 0.6) is 5.75 Å². The third-order valence-corrected chi connectivity index (χ3v) is 12.5. The topological polar surface area (TPSA) is 181 Å². The molecule has 5 amide bonds. The molecule has 58 heavy (non-hydrogen) atoms. The van der Waals surface area contributed by atoms with Gasteiger partial charge in [0, 0.05) is 75.9 Å². The van der Waals surface area contributed by atoms with Gasteiger partial charge in [-0.25, -0.2) is 9.97 Å². The van der Waals surface area contributed by atoms with Crippen LogP contribution >= 0.6 is 11.6 Å². The molecular formula is C42H46ClN9O6. The highest BCUT2D eigenvalue weighted by molar-refractivity contribution is 6.31. The van der Waals surface area contributed by atoms with Crippen molar-refractivity contribution in [3.05, 3.63) is 76.1 Å². The smallest absolute Gasteiger partial charge is 0.262 e. The largest absolute Gasteiger partial charge is 0.490 e. The Morgan fingerprint density at radius 2 is 1.59 bits per heavy atom. The summed E-state index contributed by atoms with van der Waals surface area (Å²) >= 11 is 6.15. The molecule has 5 heterocycles. The first-order valence-corrected chi connectivity index (χ1v) is 20.6. The van der Waals surface area contributed by atoms with Crippen LogP contribution < -0.4 is 25.2 Å². The zero-order valence-corrected chi connectivity index (χ0v) is 33.0. The Bertz CT molecular complexity index is 2120. The van der Waals surface area contributed by atoms with E-state index in [0.717, 1.165) is 101 Å². The quantitative estimate of drug-likeness (QED) is 0.282. The number of amides is 5. The second kappa shape index (κ2) is 17.1. The molecule has 4 aliphatic heterocycles. The van der Waals surface area contributed by atoms with E-state index in [2.05, 4.69) is 41.4 Å². The fourth-order valence-corrected chi connectivity index (χ4v) is 8.93. The first kappa shape index (κ1) is 39.2. The molecule has 1 aromatic heterocycles. The first-order chi connectivity index (χ1) is 28.1. The minimum absolute atomic E-state index is 0.0251. The van der Waals surface area contributed by atoms with Gasteiger partial charge >= 0.3 is 0 Å². The number of nitriles is 1. The van der Waals surface area contributed by atoms with Crippen LogP contribution in [0.4, 0.5) is 11.6 Å². The number of hydrogen-bond donors (Lipinski definition) is 2. The number of halogens is 1. The van der Waals surface area contributed by atoms with Crippen molar-refractivity contribution in [1.82, 2.24) is 30.4 Å². The Hall–Kier alpha value is -5.59. The lowest BCUT2D eigenvalue weighted by molar-refractivity contribution is -0.136. The third-order valence-electron chi connectivity index (χ3n) is 12.2. The number of rotatable bonds is 10. The molecule has 0 radical (unpaired) electrons. The average Bonchev–Trinajstić information content (AvgIpc) is 3.49. The summed E-state index contributed by atoms with van der Waals surface area (Å²) in [6.45, 7) is 6.13. The van der Waals surface area contributed by atoms with E-state index in [9.17, 15) is 24.0 Å². The zero-order chi connectivity index (χ0) is 40.3. The number of hydrogen-bond acceptors (Lipinski definition) is 12. The number of nitrogens with zero attached hydrogens (tertiary/aromatic N) is 7. The number of aromatic nitrogens is 2. The highest BCUT2D eigenvalue weighted by Crippen LogP contribution is 2.32. The molecule has 16 heteroatoms. The summed E-state index contributed by atoms with van der Waals surface area (Å²) in [7, 11) is 0. The van der Waals surface area contributed by atoms with E-state index < -0.39 is 29.7 Å². The van der Waals surface area contributed by atoms with Crippen LogP contribution in [0.2, 0.25) is 5.02 Å². The van der Waals surface area contributed by atoms with E-state index in [-0.39, 0.29) is 30.9 Å². The van der Waals surface area contributed by atoms with Crippen molar-refractivity contribution in [3.63, 3.8) is 0 Å². The molecule has 3 aromatic rings. The average molecular weight is 808 g/mol. The molecule has 1 saturated carbocycles. The highest BCUT2D eigenvalue weighted by atomic mass is 35.5. The molecule has 4 fully saturated rings. The second-order valence-electron chi connectivity index (χ2n) is 15.8.